The monoisotopic (exact) mass is 280 g/mol. The maximum absolute atomic E-state index is 12.8. The standard InChI is InChI=1S/C9H16F4O3S/c1-2-3-4-6-16-7-5-8(10,11)9(12,13)17(14)15/h2-7H2,1H3,(H,14,15). The third-order valence-electron chi connectivity index (χ3n) is 2.10. The van der Waals surface area contributed by atoms with Gasteiger partial charge < -0.3 is 9.29 Å². The highest BCUT2D eigenvalue weighted by Crippen LogP contribution is 2.38. The van der Waals surface area contributed by atoms with Crippen LogP contribution in [0.2, 0.25) is 0 Å². The summed E-state index contributed by atoms with van der Waals surface area (Å²) in [6, 6.07) is 0. The molecule has 0 fully saturated rings. The van der Waals surface area contributed by atoms with Crippen LogP contribution >= 0.6 is 0 Å². The van der Waals surface area contributed by atoms with E-state index in [9.17, 15) is 21.8 Å². The van der Waals surface area contributed by atoms with Crippen LogP contribution in [0.4, 0.5) is 17.6 Å². The highest BCUT2D eigenvalue weighted by atomic mass is 32.2. The zero-order chi connectivity index (χ0) is 13.5. The first-order valence-electron chi connectivity index (χ1n) is 5.20. The van der Waals surface area contributed by atoms with Gasteiger partial charge in [-0.2, -0.15) is 17.6 Å². The van der Waals surface area contributed by atoms with E-state index in [1.54, 1.807) is 0 Å². The third kappa shape index (κ3) is 5.31. The van der Waals surface area contributed by atoms with E-state index in [4.69, 9.17) is 9.29 Å². The van der Waals surface area contributed by atoms with Gasteiger partial charge >= 0.3 is 11.2 Å². The lowest BCUT2D eigenvalue weighted by molar-refractivity contribution is -0.168. The fourth-order valence-corrected chi connectivity index (χ4v) is 1.39. The molecule has 0 saturated carbocycles. The van der Waals surface area contributed by atoms with E-state index in [-0.39, 0.29) is 6.61 Å². The van der Waals surface area contributed by atoms with Gasteiger partial charge in [0.25, 0.3) is 0 Å². The molecule has 17 heavy (non-hydrogen) atoms. The van der Waals surface area contributed by atoms with Gasteiger partial charge in [0.2, 0.25) is 11.1 Å². The second kappa shape index (κ2) is 7.27. The third-order valence-corrected chi connectivity index (χ3v) is 2.83. The maximum atomic E-state index is 12.8. The minimum Gasteiger partial charge on any atom is -0.381 e. The lowest BCUT2D eigenvalue weighted by Gasteiger charge is -2.23. The van der Waals surface area contributed by atoms with E-state index in [0.717, 1.165) is 12.8 Å². The molecule has 0 aliphatic rings. The smallest absolute Gasteiger partial charge is 0.381 e. The minimum absolute atomic E-state index is 0.220. The molecule has 0 spiro atoms. The molecule has 1 unspecified atom stereocenters. The predicted octanol–water partition coefficient (Wildman–Crippen LogP) is 3.03. The highest BCUT2D eigenvalue weighted by molar-refractivity contribution is 7.80. The summed E-state index contributed by atoms with van der Waals surface area (Å²) in [5.41, 5.74) is 0. The molecule has 0 aromatic rings. The predicted molar refractivity (Wildman–Crippen MR) is 55.6 cm³/mol. The Morgan fingerprint density at radius 2 is 1.76 bits per heavy atom. The molecule has 0 aromatic carbocycles. The normalized spacial score (nSPS) is 14.9. The van der Waals surface area contributed by atoms with E-state index >= 15 is 0 Å². The van der Waals surface area contributed by atoms with E-state index in [0.29, 0.717) is 6.42 Å². The minimum atomic E-state index is -4.94. The van der Waals surface area contributed by atoms with Crippen molar-refractivity contribution in [1.82, 2.24) is 0 Å². The molecule has 0 heterocycles. The average Bonchev–Trinajstić information content (AvgIpc) is 2.22. The summed E-state index contributed by atoms with van der Waals surface area (Å²) < 4.78 is 73.8. The SMILES string of the molecule is CCCCCOCCC(F)(F)C(F)(F)S(=O)O. The van der Waals surface area contributed by atoms with Gasteiger partial charge in [-0.15, -0.1) is 0 Å². The highest BCUT2D eigenvalue weighted by Gasteiger charge is 2.60. The van der Waals surface area contributed by atoms with Crippen LogP contribution in [0.15, 0.2) is 0 Å². The fraction of sp³-hybridized carbons (Fsp3) is 1.00. The van der Waals surface area contributed by atoms with Crippen molar-refractivity contribution >= 4 is 11.1 Å². The summed E-state index contributed by atoms with van der Waals surface area (Å²) in [5, 5.41) is -4.94. The molecule has 1 N–H and O–H groups in total. The van der Waals surface area contributed by atoms with Crippen LogP contribution in [-0.4, -0.2) is 33.2 Å². The fourth-order valence-electron chi connectivity index (χ4n) is 1.03. The topological polar surface area (TPSA) is 46.5 Å². The Morgan fingerprint density at radius 1 is 1.18 bits per heavy atom. The summed E-state index contributed by atoms with van der Waals surface area (Å²) in [5.74, 6) is -4.54. The van der Waals surface area contributed by atoms with Crippen LogP contribution in [0.3, 0.4) is 0 Å². The van der Waals surface area contributed by atoms with Crippen molar-refractivity contribution in [3.05, 3.63) is 0 Å². The quantitative estimate of drug-likeness (QED) is 0.401. The molecule has 0 aromatic heterocycles. The molecular formula is C9H16F4O3S. The number of alkyl halides is 4. The van der Waals surface area contributed by atoms with E-state index < -0.39 is 35.3 Å². The van der Waals surface area contributed by atoms with Gasteiger partial charge in [-0.05, 0) is 6.42 Å². The Labute approximate surface area is 99.8 Å². The molecule has 0 bridgehead atoms. The average molecular weight is 280 g/mol. The number of unbranched alkanes of at least 4 members (excludes halogenated alkanes) is 2. The molecule has 1 atom stereocenters. The summed E-state index contributed by atoms with van der Waals surface area (Å²) in [6.45, 7) is 1.60. The van der Waals surface area contributed by atoms with Crippen LogP contribution < -0.4 is 0 Å². The molecule has 0 amide bonds. The Balaban J connectivity index is 3.98. The number of halogens is 4. The van der Waals surface area contributed by atoms with Gasteiger partial charge in [-0.3, -0.25) is 0 Å². The number of ether oxygens (including phenoxy) is 1. The van der Waals surface area contributed by atoms with E-state index in [2.05, 4.69) is 0 Å². The van der Waals surface area contributed by atoms with Gasteiger partial charge in [-0.25, -0.2) is 4.21 Å². The number of rotatable bonds is 9. The summed E-state index contributed by atoms with van der Waals surface area (Å²) in [4.78, 5) is 0. The zero-order valence-corrected chi connectivity index (χ0v) is 10.2. The van der Waals surface area contributed by atoms with Gasteiger partial charge in [0.05, 0.1) is 6.61 Å². The van der Waals surface area contributed by atoms with Crippen LogP contribution in [0.1, 0.15) is 32.6 Å². The molecule has 0 saturated heterocycles. The van der Waals surface area contributed by atoms with Crippen molar-refractivity contribution in [2.24, 2.45) is 0 Å². The van der Waals surface area contributed by atoms with Gasteiger partial charge in [-0.1, -0.05) is 19.8 Å². The molecule has 8 heteroatoms. The second-order valence-electron chi connectivity index (χ2n) is 3.54. The lowest BCUT2D eigenvalue weighted by Crippen LogP contribution is -2.44. The van der Waals surface area contributed by atoms with E-state index in [1.807, 2.05) is 6.92 Å². The first-order chi connectivity index (χ1) is 7.75. The molecule has 104 valence electrons. The van der Waals surface area contributed by atoms with Crippen molar-refractivity contribution in [3.63, 3.8) is 0 Å². The van der Waals surface area contributed by atoms with Crippen molar-refractivity contribution in [3.8, 4) is 0 Å². The van der Waals surface area contributed by atoms with Crippen molar-refractivity contribution in [2.75, 3.05) is 13.2 Å². The Morgan fingerprint density at radius 3 is 2.24 bits per heavy atom. The van der Waals surface area contributed by atoms with Crippen molar-refractivity contribution < 1.29 is 31.1 Å². The first-order valence-corrected chi connectivity index (χ1v) is 6.30. The second-order valence-corrected chi connectivity index (χ2v) is 4.55. The molecule has 0 rings (SSSR count). The van der Waals surface area contributed by atoms with Crippen LogP contribution in [0.25, 0.3) is 0 Å². The molecule has 0 aliphatic carbocycles. The number of hydrogen-bond donors (Lipinski definition) is 1. The lowest BCUT2D eigenvalue weighted by atomic mass is 10.2. The maximum Gasteiger partial charge on any atom is 0.406 e. The zero-order valence-electron chi connectivity index (χ0n) is 9.43. The van der Waals surface area contributed by atoms with Crippen molar-refractivity contribution in [1.29, 1.82) is 0 Å². The number of hydrogen-bond acceptors (Lipinski definition) is 2. The Kier molecular flexibility index (Phi) is 7.18. The Hall–Kier alpha value is -0.210. The first kappa shape index (κ1) is 16.8. The summed E-state index contributed by atoms with van der Waals surface area (Å²) in [7, 11) is 0. The van der Waals surface area contributed by atoms with Crippen molar-refractivity contribution in [2.45, 2.75) is 43.8 Å². The largest absolute Gasteiger partial charge is 0.406 e. The summed E-state index contributed by atoms with van der Waals surface area (Å²) in [6.07, 6.45) is 1.19. The van der Waals surface area contributed by atoms with Crippen LogP contribution in [0.5, 0.6) is 0 Å². The Bertz CT molecular complexity index is 248. The van der Waals surface area contributed by atoms with Crippen LogP contribution in [0, 0.1) is 0 Å². The van der Waals surface area contributed by atoms with Gasteiger partial charge in [0.1, 0.15) is 0 Å². The van der Waals surface area contributed by atoms with Gasteiger partial charge in [0, 0.05) is 13.0 Å². The molecule has 0 radical (unpaired) electrons. The molecular weight excluding hydrogens is 264 g/mol. The molecule has 3 nitrogen and oxygen atoms in total. The van der Waals surface area contributed by atoms with Crippen LogP contribution in [-0.2, 0) is 15.8 Å². The van der Waals surface area contributed by atoms with E-state index in [1.165, 1.54) is 0 Å². The summed E-state index contributed by atoms with van der Waals surface area (Å²) >= 11 is -3.89. The van der Waals surface area contributed by atoms with Gasteiger partial charge in [0.15, 0.2) is 0 Å². The molecule has 0 aliphatic heterocycles.